The number of nitrogens with one attached hydrogen (secondary N) is 2. The van der Waals surface area contributed by atoms with Crippen molar-refractivity contribution in [1.29, 1.82) is 0 Å². The number of H-pyrrole nitrogens is 1. The van der Waals surface area contributed by atoms with Crippen LogP contribution < -0.4 is 10.1 Å². The van der Waals surface area contributed by atoms with Crippen LogP contribution in [0, 0.1) is 0 Å². The van der Waals surface area contributed by atoms with Gasteiger partial charge in [0.2, 0.25) is 0 Å². The third kappa shape index (κ3) is 3.92. The molecule has 0 bridgehead atoms. The van der Waals surface area contributed by atoms with Crippen LogP contribution in [0.3, 0.4) is 0 Å². The molecule has 0 atom stereocenters. The third-order valence-electron chi connectivity index (χ3n) is 3.48. The summed E-state index contributed by atoms with van der Waals surface area (Å²) in [6.07, 6.45) is 0.758. The van der Waals surface area contributed by atoms with E-state index < -0.39 is 0 Å². The average Bonchev–Trinajstić information content (AvgIpc) is 2.93. The molecule has 0 radical (unpaired) electrons. The van der Waals surface area contributed by atoms with Gasteiger partial charge < -0.3 is 15.0 Å². The second kappa shape index (κ2) is 8.13. The highest BCUT2D eigenvalue weighted by Crippen LogP contribution is 2.31. The fraction of sp³-hybridized carbons (Fsp3) is 0.412. The maximum Gasteiger partial charge on any atom is 0.143 e. The summed E-state index contributed by atoms with van der Waals surface area (Å²) in [5.74, 6) is 1.53. The number of benzene rings is 1. The molecule has 0 aliphatic heterocycles. The zero-order valence-corrected chi connectivity index (χ0v) is 14.8. The summed E-state index contributed by atoms with van der Waals surface area (Å²) >= 11 is 6.24. The van der Waals surface area contributed by atoms with Gasteiger partial charge >= 0.3 is 0 Å². The summed E-state index contributed by atoms with van der Waals surface area (Å²) in [6, 6.07) is 5.80. The molecule has 0 aliphatic rings. The van der Waals surface area contributed by atoms with Crippen LogP contribution in [0.25, 0.3) is 21.9 Å². The van der Waals surface area contributed by atoms with Crippen molar-refractivity contribution in [3.05, 3.63) is 29.2 Å². The number of rotatable bonds is 4. The highest BCUT2D eigenvalue weighted by molar-refractivity contribution is 6.36. The Hall–Kier alpha value is -1.85. The van der Waals surface area contributed by atoms with Crippen LogP contribution >= 0.6 is 11.6 Å². The number of hydrogen-bond acceptors (Lipinski definition) is 4. The van der Waals surface area contributed by atoms with Gasteiger partial charge in [-0.1, -0.05) is 32.4 Å². The third-order valence-corrected chi connectivity index (χ3v) is 3.75. The van der Waals surface area contributed by atoms with Crippen LogP contribution in [0.15, 0.2) is 18.2 Å². The second-order valence-electron chi connectivity index (χ2n) is 5.00. The van der Waals surface area contributed by atoms with Crippen LogP contribution in [-0.4, -0.2) is 35.2 Å². The van der Waals surface area contributed by atoms with E-state index in [9.17, 15) is 0 Å². The quantitative estimate of drug-likeness (QED) is 0.709. The minimum atomic E-state index is 0.483. The summed E-state index contributed by atoms with van der Waals surface area (Å²) in [5, 5.41) is 5.43. The topological polar surface area (TPSA) is 62.8 Å². The lowest BCUT2D eigenvalue weighted by Gasteiger charge is -2.00. The molecule has 0 saturated heterocycles. The molecule has 5 nitrogen and oxygen atoms in total. The van der Waals surface area contributed by atoms with Gasteiger partial charge in [0, 0.05) is 17.3 Å². The number of hydrogen-bond donors (Lipinski definition) is 2. The predicted octanol–water partition coefficient (Wildman–Crippen LogP) is 3.95. The first-order valence-corrected chi connectivity index (χ1v) is 8.24. The van der Waals surface area contributed by atoms with Gasteiger partial charge in [0.1, 0.15) is 22.4 Å². The molecule has 2 heterocycles. The Kier molecular flexibility index (Phi) is 6.19. The summed E-state index contributed by atoms with van der Waals surface area (Å²) in [6.45, 7) is 8.39. The summed E-state index contributed by atoms with van der Waals surface area (Å²) < 4.78 is 5.23. The van der Waals surface area contributed by atoms with E-state index >= 15 is 0 Å². The fourth-order valence-electron chi connectivity index (χ4n) is 2.31. The highest BCUT2D eigenvalue weighted by atomic mass is 35.5. The predicted molar refractivity (Wildman–Crippen MR) is 96.6 cm³/mol. The van der Waals surface area contributed by atoms with Crippen LogP contribution in [0.1, 0.15) is 26.6 Å². The zero-order chi connectivity index (χ0) is 16.8. The maximum absolute atomic E-state index is 6.24. The normalized spacial score (nSPS) is 10.7. The van der Waals surface area contributed by atoms with Crippen molar-refractivity contribution in [3.63, 3.8) is 0 Å². The van der Waals surface area contributed by atoms with E-state index in [1.54, 1.807) is 7.11 Å². The fourth-order valence-corrected chi connectivity index (χ4v) is 2.60. The van der Waals surface area contributed by atoms with Crippen molar-refractivity contribution >= 4 is 33.5 Å². The maximum atomic E-state index is 6.24. The number of aromatic amines is 1. The molecule has 0 saturated carbocycles. The number of aryl methyl sites for hydroxylation is 1. The first-order valence-electron chi connectivity index (χ1n) is 7.87. The number of ether oxygens (including phenoxy) is 1. The Bertz CT molecular complexity index is 783. The lowest BCUT2D eigenvalue weighted by atomic mass is 10.2. The van der Waals surface area contributed by atoms with Gasteiger partial charge in [0.25, 0.3) is 0 Å². The first-order chi connectivity index (χ1) is 11.1. The molecule has 2 aromatic heterocycles. The average molecular weight is 335 g/mol. The standard InChI is InChI=1S/C13H12ClN3O.C4H11N/c1-3-10-16-12(14)11-8-6-7(18-2)4-5-9(8)15-13(11)17-10;1-3-5-4-2/h4-6H,3H2,1-2H3,(H,15,16,17);5H,3-4H2,1-2H3. The number of aromatic nitrogens is 3. The SMILES string of the molecule is CCNCC.CCc1nc(Cl)c2c(n1)[nH]c1ccc(OC)cc12. The van der Waals surface area contributed by atoms with E-state index in [1.807, 2.05) is 25.1 Å². The van der Waals surface area contributed by atoms with E-state index in [1.165, 1.54) is 0 Å². The Morgan fingerprint density at radius 3 is 2.48 bits per heavy atom. The molecule has 23 heavy (non-hydrogen) atoms. The molecule has 3 rings (SSSR count). The van der Waals surface area contributed by atoms with E-state index in [4.69, 9.17) is 16.3 Å². The molecule has 3 aromatic rings. The van der Waals surface area contributed by atoms with Crippen LogP contribution in [-0.2, 0) is 6.42 Å². The van der Waals surface area contributed by atoms with Crippen molar-refractivity contribution < 1.29 is 4.74 Å². The summed E-state index contributed by atoms with van der Waals surface area (Å²) in [4.78, 5) is 12.0. The number of nitrogens with zero attached hydrogens (tertiary/aromatic N) is 2. The summed E-state index contributed by atoms with van der Waals surface area (Å²) in [5.41, 5.74) is 1.75. The Morgan fingerprint density at radius 1 is 1.17 bits per heavy atom. The lowest BCUT2D eigenvalue weighted by Crippen LogP contribution is -2.09. The van der Waals surface area contributed by atoms with Crippen LogP contribution in [0.5, 0.6) is 5.75 Å². The molecular weight excluding hydrogens is 312 g/mol. The first kappa shape index (κ1) is 17.5. The smallest absolute Gasteiger partial charge is 0.143 e. The molecule has 1 aromatic carbocycles. The minimum Gasteiger partial charge on any atom is -0.497 e. The molecule has 0 spiro atoms. The van der Waals surface area contributed by atoms with Gasteiger partial charge in [-0.15, -0.1) is 0 Å². The highest BCUT2D eigenvalue weighted by Gasteiger charge is 2.12. The van der Waals surface area contributed by atoms with Gasteiger partial charge in [-0.05, 0) is 31.3 Å². The van der Waals surface area contributed by atoms with Gasteiger partial charge in [0.15, 0.2) is 0 Å². The molecule has 0 fully saturated rings. The molecule has 0 unspecified atom stereocenters. The molecule has 2 N–H and O–H groups in total. The molecular formula is C17H23ClN4O. The van der Waals surface area contributed by atoms with Crippen molar-refractivity contribution in [2.75, 3.05) is 20.2 Å². The monoisotopic (exact) mass is 334 g/mol. The Balaban J connectivity index is 0.000000338. The van der Waals surface area contributed by atoms with Crippen LogP contribution in [0.4, 0.5) is 0 Å². The Morgan fingerprint density at radius 2 is 1.91 bits per heavy atom. The van der Waals surface area contributed by atoms with Crippen molar-refractivity contribution in [1.82, 2.24) is 20.3 Å². The second-order valence-corrected chi connectivity index (χ2v) is 5.36. The van der Waals surface area contributed by atoms with Crippen molar-refractivity contribution in [3.8, 4) is 5.75 Å². The van der Waals surface area contributed by atoms with E-state index in [2.05, 4.69) is 34.1 Å². The van der Waals surface area contributed by atoms with Crippen molar-refractivity contribution in [2.24, 2.45) is 0 Å². The number of halogens is 1. The largest absolute Gasteiger partial charge is 0.497 e. The molecule has 0 aliphatic carbocycles. The van der Waals surface area contributed by atoms with Gasteiger partial charge in [-0.25, -0.2) is 9.97 Å². The van der Waals surface area contributed by atoms with Gasteiger partial charge in [-0.2, -0.15) is 0 Å². The van der Waals surface area contributed by atoms with E-state index in [-0.39, 0.29) is 0 Å². The summed E-state index contributed by atoms with van der Waals surface area (Å²) in [7, 11) is 1.64. The van der Waals surface area contributed by atoms with Gasteiger partial charge in [0.05, 0.1) is 12.5 Å². The lowest BCUT2D eigenvalue weighted by molar-refractivity contribution is 0.415. The van der Waals surface area contributed by atoms with Crippen LogP contribution in [0.2, 0.25) is 5.15 Å². The Labute approximate surface area is 141 Å². The number of methoxy groups -OCH3 is 1. The number of fused-ring (bicyclic) bond motifs is 3. The van der Waals surface area contributed by atoms with E-state index in [0.717, 1.165) is 53.0 Å². The molecule has 6 heteroatoms. The molecule has 124 valence electrons. The zero-order valence-electron chi connectivity index (χ0n) is 14.0. The minimum absolute atomic E-state index is 0.483. The van der Waals surface area contributed by atoms with Crippen molar-refractivity contribution in [2.45, 2.75) is 27.2 Å². The van der Waals surface area contributed by atoms with Gasteiger partial charge in [-0.3, -0.25) is 0 Å². The molecule has 0 amide bonds. The van der Waals surface area contributed by atoms with E-state index in [0.29, 0.717) is 5.15 Å².